The molecule has 4 rings (SSSR count). The number of aromatic carboxylic acids is 2. The van der Waals surface area contributed by atoms with Gasteiger partial charge in [-0.3, -0.25) is 9.59 Å². The maximum atomic E-state index is 12.5. The Bertz CT molecular complexity index is 1350. The number of hydrogen-bond donors (Lipinski definition) is 4. The lowest BCUT2D eigenvalue weighted by Gasteiger charge is -2.06. The second kappa shape index (κ2) is 12.3. The number of carbonyl (C=O) groups excluding carboxylic acids is 2. The average molecular weight is 549 g/mol. The molecular formula is C28H24N2O6S2. The third-order valence-corrected chi connectivity index (χ3v) is 7.80. The number of carboxylic acids is 2. The van der Waals surface area contributed by atoms with E-state index in [4.69, 9.17) is 0 Å². The van der Waals surface area contributed by atoms with E-state index in [9.17, 15) is 29.4 Å². The Morgan fingerprint density at radius 3 is 1.32 bits per heavy atom. The molecule has 38 heavy (non-hydrogen) atoms. The molecule has 2 aromatic carbocycles. The number of amides is 2. The second-order valence-corrected chi connectivity index (χ2v) is 10.5. The van der Waals surface area contributed by atoms with Crippen LogP contribution in [0.4, 0.5) is 10.0 Å². The first-order valence-corrected chi connectivity index (χ1v) is 13.4. The molecule has 0 spiro atoms. The fourth-order valence-electron chi connectivity index (χ4n) is 3.72. The number of benzene rings is 2. The molecule has 8 nitrogen and oxygen atoms in total. The molecule has 2 aromatic heterocycles. The molecule has 4 N–H and O–H groups in total. The zero-order chi connectivity index (χ0) is 27.1. The van der Waals surface area contributed by atoms with Crippen LogP contribution in [0.3, 0.4) is 0 Å². The Kier molecular flexibility index (Phi) is 8.67. The first-order valence-electron chi connectivity index (χ1n) is 11.8. The van der Waals surface area contributed by atoms with Crippen molar-refractivity contribution in [3.8, 4) is 20.9 Å². The highest BCUT2D eigenvalue weighted by molar-refractivity contribution is 7.20. The molecule has 0 radical (unpaired) electrons. The topological polar surface area (TPSA) is 133 Å². The molecule has 0 bridgehead atoms. The number of thiophene rings is 2. The Hall–Kier alpha value is -4.28. The van der Waals surface area contributed by atoms with Crippen molar-refractivity contribution >= 4 is 56.4 Å². The summed E-state index contributed by atoms with van der Waals surface area (Å²) >= 11 is 2.39. The summed E-state index contributed by atoms with van der Waals surface area (Å²) in [5.74, 6) is -2.93. The van der Waals surface area contributed by atoms with Crippen LogP contribution in [-0.4, -0.2) is 34.0 Å². The number of unbranched alkanes of at least 4 members (excludes halogenated alkanes) is 1. The summed E-state index contributed by atoms with van der Waals surface area (Å²) in [6.07, 6.45) is 1.04. The first kappa shape index (κ1) is 26.8. The van der Waals surface area contributed by atoms with E-state index in [2.05, 4.69) is 10.6 Å². The van der Waals surface area contributed by atoms with E-state index in [0.717, 1.165) is 20.9 Å². The van der Waals surface area contributed by atoms with Gasteiger partial charge >= 0.3 is 11.9 Å². The Balaban J connectivity index is 1.29. The molecular weight excluding hydrogens is 524 g/mol. The molecule has 0 aliphatic heterocycles. The molecule has 0 aliphatic rings. The standard InChI is InChI=1S/C28H24N2O6S2/c31-23(29-25-19(27(33)34)15-21(37-25)17-9-3-1-4-10-17)13-7-8-14-24(32)30-26-20(28(35)36)16-22(38-26)18-11-5-2-6-12-18/h1-6,9-12,15-16H,7-8,13-14H2,(H,29,31)(H,30,32)(H,33,34)(H,35,36). The summed E-state index contributed by atoms with van der Waals surface area (Å²) in [5.41, 5.74) is 1.78. The van der Waals surface area contributed by atoms with Crippen molar-refractivity contribution in [2.45, 2.75) is 25.7 Å². The average Bonchev–Trinajstić information content (AvgIpc) is 3.52. The highest BCUT2D eigenvalue weighted by Gasteiger charge is 2.19. The van der Waals surface area contributed by atoms with Crippen molar-refractivity contribution in [1.29, 1.82) is 0 Å². The van der Waals surface area contributed by atoms with Crippen LogP contribution in [0, 0.1) is 0 Å². The Morgan fingerprint density at radius 1 is 0.605 bits per heavy atom. The summed E-state index contributed by atoms with van der Waals surface area (Å²) < 4.78 is 0. The third kappa shape index (κ3) is 6.72. The predicted molar refractivity (Wildman–Crippen MR) is 149 cm³/mol. The van der Waals surface area contributed by atoms with E-state index < -0.39 is 11.9 Å². The smallest absolute Gasteiger partial charge is 0.338 e. The molecule has 0 fully saturated rings. The van der Waals surface area contributed by atoms with Crippen molar-refractivity contribution in [2.75, 3.05) is 10.6 Å². The van der Waals surface area contributed by atoms with Crippen molar-refractivity contribution in [1.82, 2.24) is 0 Å². The van der Waals surface area contributed by atoms with Crippen LogP contribution in [0.15, 0.2) is 72.8 Å². The largest absolute Gasteiger partial charge is 0.478 e. The maximum Gasteiger partial charge on any atom is 0.338 e. The molecule has 0 atom stereocenters. The molecule has 0 aliphatic carbocycles. The SMILES string of the molecule is O=C(CCCCC(=O)Nc1sc(-c2ccccc2)cc1C(=O)O)Nc1sc(-c2ccccc2)cc1C(=O)O. The van der Waals surface area contributed by atoms with Gasteiger partial charge in [0.15, 0.2) is 0 Å². The van der Waals surface area contributed by atoms with Gasteiger partial charge in [-0.2, -0.15) is 0 Å². The number of nitrogens with one attached hydrogen (secondary N) is 2. The number of rotatable bonds is 11. The van der Waals surface area contributed by atoms with E-state index in [0.29, 0.717) is 12.8 Å². The zero-order valence-corrected chi connectivity index (χ0v) is 21.7. The van der Waals surface area contributed by atoms with Gasteiger partial charge < -0.3 is 20.8 Å². The first-order chi connectivity index (χ1) is 18.3. The van der Waals surface area contributed by atoms with Crippen molar-refractivity contribution in [3.63, 3.8) is 0 Å². The molecule has 0 saturated carbocycles. The highest BCUT2D eigenvalue weighted by atomic mass is 32.1. The van der Waals surface area contributed by atoms with Crippen LogP contribution in [0.25, 0.3) is 20.9 Å². The van der Waals surface area contributed by atoms with Gasteiger partial charge in [0.25, 0.3) is 0 Å². The van der Waals surface area contributed by atoms with Gasteiger partial charge in [-0.05, 0) is 36.1 Å². The fourth-order valence-corrected chi connectivity index (χ4v) is 5.87. The fraction of sp³-hybridized carbons (Fsp3) is 0.143. The van der Waals surface area contributed by atoms with Crippen molar-refractivity contribution in [2.24, 2.45) is 0 Å². The molecule has 10 heteroatoms. The second-order valence-electron chi connectivity index (χ2n) is 8.35. The minimum atomic E-state index is -1.12. The van der Waals surface area contributed by atoms with Crippen LogP contribution in [-0.2, 0) is 9.59 Å². The summed E-state index contributed by atoms with van der Waals surface area (Å²) in [6, 6.07) is 21.7. The van der Waals surface area contributed by atoms with Gasteiger partial charge in [0.05, 0.1) is 11.1 Å². The van der Waals surface area contributed by atoms with Crippen LogP contribution in [0.1, 0.15) is 46.4 Å². The monoisotopic (exact) mass is 548 g/mol. The Labute approximate surface area is 226 Å². The van der Waals surface area contributed by atoms with E-state index in [1.807, 2.05) is 60.7 Å². The van der Waals surface area contributed by atoms with E-state index in [1.54, 1.807) is 12.1 Å². The highest BCUT2D eigenvalue weighted by Crippen LogP contribution is 2.36. The summed E-state index contributed by atoms with van der Waals surface area (Å²) in [5, 5.41) is 25.0. The van der Waals surface area contributed by atoms with Crippen LogP contribution in [0.2, 0.25) is 0 Å². The number of anilines is 2. The van der Waals surface area contributed by atoms with E-state index in [1.165, 1.54) is 22.7 Å². The lowest BCUT2D eigenvalue weighted by molar-refractivity contribution is -0.118. The lowest BCUT2D eigenvalue weighted by atomic mass is 10.1. The third-order valence-electron chi connectivity index (χ3n) is 5.61. The quantitative estimate of drug-likeness (QED) is 0.155. The van der Waals surface area contributed by atoms with Gasteiger partial charge in [0.2, 0.25) is 11.8 Å². The zero-order valence-electron chi connectivity index (χ0n) is 20.1. The van der Waals surface area contributed by atoms with Gasteiger partial charge in [0.1, 0.15) is 10.0 Å². The van der Waals surface area contributed by atoms with Crippen molar-refractivity contribution in [3.05, 3.63) is 83.9 Å². The van der Waals surface area contributed by atoms with Crippen molar-refractivity contribution < 1.29 is 29.4 Å². The van der Waals surface area contributed by atoms with Crippen LogP contribution < -0.4 is 10.6 Å². The van der Waals surface area contributed by atoms with Gasteiger partial charge in [0, 0.05) is 22.6 Å². The predicted octanol–water partition coefficient (Wildman–Crippen LogP) is 6.68. The number of carboxylic acid groups (broad SMARTS) is 2. The normalized spacial score (nSPS) is 10.6. The molecule has 0 saturated heterocycles. The summed E-state index contributed by atoms with van der Waals surface area (Å²) in [7, 11) is 0. The van der Waals surface area contributed by atoms with Gasteiger partial charge in [-0.15, -0.1) is 22.7 Å². The number of carbonyl (C=O) groups is 4. The van der Waals surface area contributed by atoms with Crippen LogP contribution >= 0.6 is 22.7 Å². The molecule has 2 heterocycles. The van der Waals surface area contributed by atoms with E-state index >= 15 is 0 Å². The summed E-state index contributed by atoms with van der Waals surface area (Å²) in [6.45, 7) is 0. The van der Waals surface area contributed by atoms with Gasteiger partial charge in [-0.1, -0.05) is 60.7 Å². The maximum absolute atomic E-state index is 12.5. The van der Waals surface area contributed by atoms with Gasteiger partial charge in [-0.25, -0.2) is 9.59 Å². The number of hydrogen-bond acceptors (Lipinski definition) is 6. The lowest BCUT2D eigenvalue weighted by Crippen LogP contribution is -2.14. The molecule has 2 amide bonds. The minimum Gasteiger partial charge on any atom is -0.478 e. The molecule has 0 unspecified atom stereocenters. The van der Waals surface area contributed by atoms with E-state index in [-0.39, 0.29) is 45.8 Å². The van der Waals surface area contributed by atoms with Crippen LogP contribution in [0.5, 0.6) is 0 Å². The Morgan fingerprint density at radius 2 is 0.974 bits per heavy atom. The molecule has 194 valence electrons. The molecule has 4 aromatic rings. The minimum absolute atomic E-state index is 0.0293. The summed E-state index contributed by atoms with van der Waals surface area (Å²) in [4.78, 5) is 49.7.